The Balaban J connectivity index is 4.03. The van der Waals surface area contributed by atoms with Gasteiger partial charge in [0.15, 0.2) is 0 Å². The van der Waals surface area contributed by atoms with E-state index in [0.29, 0.717) is 6.42 Å². The smallest absolute Gasteiger partial charge is 0.310 e. The van der Waals surface area contributed by atoms with Gasteiger partial charge in [-0.3, -0.25) is 19.2 Å². The van der Waals surface area contributed by atoms with Crippen LogP contribution in [0.4, 0.5) is 0 Å². The summed E-state index contributed by atoms with van der Waals surface area (Å²) in [6.07, 6.45) is 35.5. The maximum absolute atomic E-state index is 12.5. The first kappa shape index (κ1) is 51.9. The van der Waals surface area contributed by atoms with E-state index < -0.39 is 47.8 Å². The van der Waals surface area contributed by atoms with Crippen LogP contribution >= 0.6 is 0 Å². The lowest BCUT2D eigenvalue weighted by molar-refractivity contribution is -0.163. The third-order valence-electron chi connectivity index (χ3n) is 9.99. The van der Waals surface area contributed by atoms with Gasteiger partial charge in [0.25, 0.3) is 0 Å². The van der Waals surface area contributed by atoms with Crippen LogP contribution in [-0.2, 0) is 38.1 Å². The number of rotatable bonds is 37. The topological polar surface area (TPSA) is 105 Å². The number of carbonyl (C=O) groups is 4. The van der Waals surface area contributed by atoms with Gasteiger partial charge in [-0.25, -0.2) is 0 Å². The van der Waals surface area contributed by atoms with E-state index in [9.17, 15) is 19.2 Å². The molecule has 318 valence electrons. The molecule has 0 aliphatic carbocycles. The van der Waals surface area contributed by atoms with Crippen LogP contribution in [-0.4, -0.2) is 47.8 Å². The van der Waals surface area contributed by atoms with Gasteiger partial charge in [-0.2, -0.15) is 0 Å². The second kappa shape index (κ2) is 35.3. The zero-order valence-electron chi connectivity index (χ0n) is 36.4. The summed E-state index contributed by atoms with van der Waals surface area (Å²) in [4.78, 5) is 48.1. The van der Waals surface area contributed by atoms with E-state index in [1.807, 2.05) is 0 Å². The van der Waals surface area contributed by atoms with Gasteiger partial charge in [0.2, 0.25) is 0 Å². The lowest BCUT2D eigenvalue weighted by Crippen LogP contribution is -2.33. The van der Waals surface area contributed by atoms with Crippen molar-refractivity contribution >= 4 is 23.9 Å². The van der Waals surface area contributed by atoms with Crippen molar-refractivity contribution in [3.05, 3.63) is 0 Å². The fourth-order valence-electron chi connectivity index (χ4n) is 7.31. The minimum absolute atomic E-state index is 0.107. The van der Waals surface area contributed by atoms with E-state index in [-0.39, 0.29) is 19.3 Å². The minimum atomic E-state index is -0.830. The third-order valence-corrected chi connectivity index (χ3v) is 9.99. The molecule has 0 spiro atoms. The van der Waals surface area contributed by atoms with Crippen LogP contribution in [0.1, 0.15) is 248 Å². The molecule has 0 fully saturated rings. The van der Waals surface area contributed by atoms with Crippen molar-refractivity contribution in [3.8, 4) is 0 Å². The van der Waals surface area contributed by atoms with Crippen molar-refractivity contribution < 1.29 is 38.1 Å². The monoisotopic (exact) mass is 767 g/mol. The normalized spacial score (nSPS) is 13.2. The fourth-order valence-corrected chi connectivity index (χ4v) is 7.31. The van der Waals surface area contributed by atoms with Crippen molar-refractivity contribution in [3.63, 3.8) is 0 Å². The van der Waals surface area contributed by atoms with Crippen LogP contribution in [0.5, 0.6) is 0 Å². The Morgan fingerprint density at radius 1 is 0.407 bits per heavy atom. The lowest BCUT2D eigenvalue weighted by atomic mass is 9.98. The SMILES string of the molecule is CCCCCCCCCCCCCCCCCCCCCCCCCCCCCC(CC(CC(CC(=O)OC(C)(C)C)OC(C)=O)OC(C)=O)OC(C)=O. The summed E-state index contributed by atoms with van der Waals surface area (Å²) in [7, 11) is 0. The van der Waals surface area contributed by atoms with Gasteiger partial charge in [0, 0.05) is 33.6 Å². The van der Waals surface area contributed by atoms with Crippen LogP contribution in [0.2, 0.25) is 0 Å². The van der Waals surface area contributed by atoms with Gasteiger partial charge < -0.3 is 18.9 Å². The highest BCUT2D eigenvalue weighted by molar-refractivity contribution is 5.72. The summed E-state index contributed by atoms with van der Waals surface area (Å²) in [5, 5.41) is 0. The second-order valence-corrected chi connectivity index (χ2v) is 16.9. The Bertz CT molecular complexity index is 926. The van der Waals surface area contributed by atoms with Gasteiger partial charge in [-0.05, 0) is 33.6 Å². The van der Waals surface area contributed by atoms with Gasteiger partial charge in [-0.15, -0.1) is 0 Å². The first-order chi connectivity index (χ1) is 25.8. The number of carbonyl (C=O) groups excluding carboxylic acids is 4. The molecular weight excluding hydrogens is 680 g/mol. The Morgan fingerprint density at radius 2 is 0.685 bits per heavy atom. The highest BCUT2D eigenvalue weighted by Crippen LogP contribution is 2.23. The Hall–Kier alpha value is -2.12. The molecule has 0 saturated carbocycles. The van der Waals surface area contributed by atoms with E-state index >= 15 is 0 Å². The first-order valence-electron chi connectivity index (χ1n) is 22.6. The third kappa shape index (κ3) is 38.2. The van der Waals surface area contributed by atoms with Gasteiger partial charge in [0.05, 0.1) is 6.42 Å². The standard InChI is InChI=1S/C46H86O8/c1-8-9-10-11-12-13-14-15-16-17-18-19-20-21-22-23-24-25-26-27-28-29-30-31-32-33-34-35-42(51-39(2)47)36-43(52-40(3)48)37-44(53-41(4)49)38-45(50)54-46(5,6)7/h42-44H,8-38H2,1-7H3. The van der Waals surface area contributed by atoms with Crippen molar-refractivity contribution in [2.24, 2.45) is 0 Å². The summed E-state index contributed by atoms with van der Waals surface area (Å²) >= 11 is 0. The molecule has 0 aliphatic rings. The summed E-state index contributed by atoms with van der Waals surface area (Å²) < 4.78 is 21.9. The average Bonchev–Trinajstić information content (AvgIpc) is 3.06. The molecular formula is C46H86O8. The summed E-state index contributed by atoms with van der Waals surface area (Å²) in [5.41, 5.74) is -0.682. The highest BCUT2D eigenvalue weighted by Gasteiger charge is 2.29. The number of hydrogen-bond acceptors (Lipinski definition) is 8. The minimum Gasteiger partial charge on any atom is -0.462 e. The number of ether oxygens (including phenoxy) is 4. The number of unbranched alkanes of at least 4 members (excludes halogenated alkanes) is 26. The molecule has 0 aromatic carbocycles. The molecule has 0 amide bonds. The zero-order valence-corrected chi connectivity index (χ0v) is 36.4. The zero-order chi connectivity index (χ0) is 40.3. The maximum Gasteiger partial charge on any atom is 0.310 e. The molecule has 54 heavy (non-hydrogen) atoms. The summed E-state index contributed by atoms with van der Waals surface area (Å²) in [6, 6.07) is 0. The molecule has 0 saturated heterocycles. The largest absolute Gasteiger partial charge is 0.462 e. The summed E-state index contributed by atoms with van der Waals surface area (Å²) in [6.45, 7) is 11.5. The van der Waals surface area contributed by atoms with E-state index in [1.54, 1.807) is 20.8 Å². The Labute approximate surface area is 332 Å². The van der Waals surface area contributed by atoms with Crippen molar-refractivity contribution in [2.75, 3.05) is 0 Å². The first-order valence-corrected chi connectivity index (χ1v) is 22.6. The van der Waals surface area contributed by atoms with Gasteiger partial charge >= 0.3 is 23.9 Å². The van der Waals surface area contributed by atoms with Crippen molar-refractivity contribution in [1.29, 1.82) is 0 Å². The molecule has 3 atom stereocenters. The highest BCUT2D eigenvalue weighted by atomic mass is 16.6. The molecule has 0 heterocycles. The predicted octanol–water partition coefficient (Wildman–Crippen LogP) is 13.2. The molecule has 0 aromatic heterocycles. The fraction of sp³-hybridized carbons (Fsp3) is 0.913. The quantitative estimate of drug-likeness (QED) is 0.0350. The summed E-state index contributed by atoms with van der Waals surface area (Å²) in [5.74, 6) is -1.93. The lowest BCUT2D eigenvalue weighted by Gasteiger charge is -2.27. The molecule has 0 bridgehead atoms. The van der Waals surface area contributed by atoms with E-state index in [4.69, 9.17) is 18.9 Å². The maximum atomic E-state index is 12.5. The van der Waals surface area contributed by atoms with E-state index in [1.165, 1.54) is 175 Å². The molecule has 0 rings (SSSR count). The molecule has 0 aliphatic heterocycles. The molecule has 3 unspecified atom stereocenters. The molecule has 8 nitrogen and oxygen atoms in total. The van der Waals surface area contributed by atoms with Gasteiger partial charge in [0.1, 0.15) is 23.9 Å². The second-order valence-electron chi connectivity index (χ2n) is 16.9. The Kier molecular flexibility index (Phi) is 33.9. The van der Waals surface area contributed by atoms with Crippen LogP contribution in [0.15, 0.2) is 0 Å². The predicted molar refractivity (Wildman–Crippen MR) is 221 cm³/mol. The molecule has 0 radical (unpaired) electrons. The molecule has 0 N–H and O–H groups in total. The Morgan fingerprint density at radius 3 is 1.00 bits per heavy atom. The van der Waals surface area contributed by atoms with Gasteiger partial charge in [-0.1, -0.05) is 174 Å². The van der Waals surface area contributed by atoms with Crippen LogP contribution in [0.25, 0.3) is 0 Å². The van der Waals surface area contributed by atoms with Crippen LogP contribution in [0, 0.1) is 0 Å². The van der Waals surface area contributed by atoms with Crippen LogP contribution in [0.3, 0.4) is 0 Å². The molecule has 8 heteroatoms. The van der Waals surface area contributed by atoms with E-state index in [2.05, 4.69) is 6.92 Å². The number of esters is 4. The number of hydrogen-bond donors (Lipinski definition) is 0. The van der Waals surface area contributed by atoms with Crippen molar-refractivity contribution in [1.82, 2.24) is 0 Å². The van der Waals surface area contributed by atoms with Crippen molar-refractivity contribution in [2.45, 2.75) is 271 Å². The average molecular weight is 767 g/mol. The van der Waals surface area contributed by atoms with E-state index in [0.717, 1.165) is 19.3 Å². The molecule has 0 aromatic rings. The van der Waals surface area contributed by atoms with Crippen LogP contribution < -0.4 is 0 Å².